The Morgan fingerprint density at radius 3 is 1.66 bits per heavy atom. The van der Waals surface area contributed by atoms with Gasteiger partial charge in [-0.3, -0.25) is 4.79 Å². The molecular weight excluding hydrogens is 448 g/mol. The number of esters is 2. The molecule has 1 atom stereocenters. The molecule has 0 fully saturated rings. The van der Waals surface area contributed by atoms with Gasteiger partial charge in [-0.15, -0.1) is 0 Å². The molecule has 2 N–H and O–H groups in total. The van der Waals surface area contributed by atoms with Gasteiger partial charge in [0.25, 0.3) is 0 Å². The highest BCUT2D eigenvalue weighted by molar-refractivity contribution is 5.89. The van der Waals surface area contributed by atoms with Gasteiger partial charge in [0.1, 0.15) is 0 Å². The molecule has 0 spiro atoms. The van der Waals surface area contributed by atoms with Crippen molar-refractivity contribution in [3.8, 4) is 0 Å². The van der Waals surface area contributed by atoms with Crippen LogP contribution < -0.4 is 10.6 Å². The van der Waals surface area contributed by atoms with Gasteiger partial charge in [0, 0.05) is 7.11 Å². The average Bonchev–Trinajstić information content (AvgIpc) is 2.84. The van der Waals surface area contributed by atoms with Crippen LogP contribution in [0.2, 0.25) is 0 Å². The Kier molecular flexibility index (Phi) is 10.9. The Labute approximate surface area is 208 Å². The van der Waals surface area contributed by atoms with Gasteiger partial charge in [0.2, 0.25) is 0 Å². The van der Waals surface area contributed by atoms with E-state index in [9.17, 15) is 14.4 Å². The first-order valence-electron chi connectivity index (χ1n) is 11.2. The third-order valence-electron chi connectivity index (χ3n) is 6.15. The van der Waals surface area contributed by atoms with Crippen molar-refractivity contribution < 1.29 is 28.6 Å². The van der Waals surface area contributed by atoms with E-state index in [0.29, 0.717) is 12.2 Å². The molecule has 2 aromatic rings. The second-order valence-electron chi connectivity index (χ2n) is 9.22. The van der Waals surface area contributed by atoms with Gasteiger partial charge in [0.05, 0.1) is 31.8 Å². The minimum atomic E-state index is -1.38. The largest absolute Gasteiger partial charge is 0.469 e. The molecule has 2 amide bonds. The molecule has 0 saturated heterocycles. The summed E-state index contributed by atoms with van der Waals surface area (Å²) in [5.74, 6) is -1.06. The second kappa shape index (κ2) is 12.9. The van der Waals surface area contributed by atoms with E-state index in [4.69, 9.17) is 14.2 Å². The lowest BCUT2D eigenvalue weighted by atomic mass is 9.74. The number of urea groups is 1. The first-order valence-corrected chi connectivity index (χ1v) is 11.2. The number of amides is 2. The minimum Gasteiger partial charge on any atom is -0.469 e. The lowest BCUT2D eigenvalue weighted by molar-refractivity contribution is -0.155. The topological polar surface area (TPSA) is 103 Å². The number of carbonyl (C=O) groups is 3. The van der Waals surface area contributed by atoms with Gasteiger partial charge in [-0.1, -0.05) is 60.7 Å². The summed E-state index contributed by atoms with van der Waals surface area (Å²) in [7, 11) is 4.25. The zero-order chi connectivity index (χ0) is 26.7. The molecule has 8 heteroatoms. The predicted octanol–water partition coefficient (Wildman–Crippen LogP) is 4.18. The monoisotopic (exact) mass is 486 g/mol. The van der Waals surface area contributed by atoms with Gasteiger partial charge in [-0.05, 0) is 45.7 Å². The smallest absolute Gasteiger partial charge is 0.336 e. The third-order valence-corrected chi connectivity index (χ3v) is 6.15. The van der Waals surface area contributed by atoms with Crippen LogP contribution in [0.1, 0.15) is 45.7 Å². The summed E-state index contributed by atoms with van der Waals surface area (Å²) in [6.45, 7) is 9.04. The molecule has 2 rings (SSSR count). The standard InChI is InChI=1S/C19H28N2O5.C8H10O/c1-17(2,14(22)25-6)18(3,4)20-16(24)21-19(5,15(23)26-7)13-11-9-8-10-12-13;1-9-7-8-5-3-2-4-6-8/h8-12H,1-7H3,(H2,20,21,24);2-6H,7H2,1H3. The van der Waals surface area contributed by atoms with Crippen LogP contribution in [0.4, 0.5) is 4.79 Å². The van der Waals surface area contributed by atoms with E-state index in [2.05, 4.69) is 10.6 Å². The van der Waals surface area contributed by atoms with E-state index < -0.39 is 34.5 Å². The van der Waals surface area contributed by atoms with E-state index in [0.717, 1.165) is 0 Å². The van der Waals surface area contributed by atoms with Crippen molar-refractivity contribution in [3.63, 3.8) is 0 Å². The molecule has 0 aliphatic heterocycles. The predicted molar refractivity (Wildman–Crippen MR) is 135 cm³/mol. The maximum atomic E-state index is 12.6. The van der Waals surface area contributed by atoms with Crippen LogP contribution in [0.25, 0.3) is 0 Å². The zero-order valence-electron chi connectivity index (χ0n) is 21.9. The Hall–Kier alpha value is -3.39. The van der Waals surface area contributed by atoms with Gasteiger partial charge in [0.15, 0.2) is 5.54 Å². The van der Waals surface area contributed by atoms with Crippen molar-refractivity contribution in [1.29, 1.82) is 0 Å². The molecular formula is C27H38N2O6. The molecule has 35 heavy (non-hydrogen) atoms. The summed E-state index contributed by atoms with van der Waals surface area (Å²) in [5.41, 5.74) is -1.52. The highest BCUT2D eigenvalue weighted by Gasteiger charge is 2.46. The van der Waals surface area contributed by atoms with E-state index in [1.165, 1.54) is 19.8 Å². The molecule has 0 aliphatic rings. The fourth-order valence-electron chi connectivity index (χ4n) is 3.17. The first-order chi connectivity index (χ1) is 16.4. The molecule has 0 heterocycles. The minimum absolute atomic E-state index is 0.457. The lowest BCUT2D eigenvalue weighted by Crippen LogP contribution is -2.62. The molecule has 0 saturated carbocycles. The van der Waals surface area contributed by atoms with Crippen molar-refractivity contribution >= 4 is 18.0 Å². The lowest BCUT2D eigenvalue weighted by Gasteiger charge is -2.40. The summed E-state index contributed by atoms with van der Waals surface area (Å²) >= 11 is 0. The Bertz CT molecular complexity index is 960. The summed E-state index contributed by atoms with van der Waals surface area (Å²) in [6, 6.07) is 18.3. The third kappa shape index (κ3) is 7.82. The van der Waals surface area contributed by atoms with Crippen LogP contribution in [-0.2, 0) is 35.9 Å². The van der Waals surface area contributed by atoms with E-state index >= 15 is 0 Å². The Balaban J connectivity index is 0.000000566. The quantitative estimate of drug-likeness (QED) is 0.543. The number of rotatable bonds is 8. The summed E-state index contributed by atoms with van der Waals surface area (Å²) in [5, 5.41) is 5.43. The van der Waals surface area contributed by atoms with Crippen LogP contribution in [0.5, 0.6) is 0 Å². The molecule has 2 aromatic carbocycles. The highest BCUT2D eigenvalue weighted by Crippen LogP contribution is 2.32. The molecule has 0 aliphatic carbocycles. The van der Waals surface area contributed by atoms with Crippen LogP contribution in [-0.4, -0.2) is 44.8 Å². The van der Waals surface area contributed by atoms with Crippen molar-refractivity contribution in [2.45, 2.75) is 52.3 Å². The number of hydrogen-bond acceptors (Lipinski definition) is 6. The summed E-state index contributed by atoms with van der Waals surface area (Å²) < 4.78 is 14.6. The van der Waals surface area contributed by atoms with E-state index in [1.807, 2.05) is 36.4 Å². The van der Waals surface area contributed by atoms with Crippen molar-refractivity contribution in [2.24, 2.45) is 5.41 Å². The van der Waals surface area contributed by atoms with Crippen molar-refractivity contribution in [2.75, 3.05) is 21.3 Å². The van der Waals surface area contributed by atoms with Crippen molar-refractivity contribution in [1.82, 2.24) is 10.6 Å². The number of carbonyl (C=O) groups excluding carboxylic acids is 3. The van der Waals surface area contributed by atoms with Gasteiger partial charge >= 0.3 is 18.0 Å². The van der Waals surface area contributed by atoms with Gasteiger partial charge in [-0.25, -0.2) is 9.59 Å². The van der Waals surface area contributed by atoms with E-state index in [1.54, 1.807) is 66.0 Å². The summed E-state index contributed by atoms with van der Waals surface area (Å²) in [6.07, 6.45) is 0. The van der Waals surface area contributed by atoms with Crippen LogP contribution >= 0.6 is 0 Å². The van der Waals surface area contributed by atoms with Gasteiger partial charge < -0.3 is 24.8 Å². The fourth-order valence-corrected chi connectivity index (χ4v) is 3.17. The molecule has 0 bridgehead atoms. The molecule has 192 valence electrons. The average molecular weight is 487 g/mol. The highest BCUT2D eigenvalue weighted by atomic mass is 16.5. The maximum absolute atomic E-state index is 12.6. The molecule has 0 aromatic heterocycles. The normalized spacial score (nSPS) is 12.8. The molecule has 1 unspecified atom stereocenters. The van der Waals surface area contributed by atoms with Crippen LogP contribution in [0.15, 0.2) is 60.7 Å². The second-order valence-corrected chi connectivity index (χ2v) is 9.22. The van der Waals surface area contributed by atoms with E-state index in [-0.39, 0.29) is 0 Å². The number of hydrogen-bond donors (Lipinski definition) is 2. The fraction of sp³-hybridized carbons (Fsp3) is 0.444. The number of ether oxygens (including phenoxy) is 3. The first kappa shape index (κ1) is 29.6. The Morgan fingerprint density at radius 2 is 1.20 bits per heavy atom. The maximum Gasteiger partial charge on any atom is 0.336 e. The summed E-state index contributed by atoms with van der Waals surface area (Å²) in [4.78, 5) is 37.0. The van der Waals surface area contributed by atoms with Crippen LogP contribution in [0, 0.1) is 5.41 Å². The number of methoxy groups -OCH3 is 3. The number of nitrogens with one attached hydrogen (secondary N) is 2. The SMILES string of the molecule is COC(=O)C(C)(NC(=O)NC(C)(C)C(C)(C)C(=O)OC)c1ccccc1.COCc1ccccc1. The van der Waals surface area contributed by atoms with Crippen LogP contribution in [0.3, 0.4) is 0 Å². The van der Waals surface area contributed by atoms with Gasteiger partial charge in [-0.2, -0.15) is 0 Å². The number of benzene rings is 2. The zero-order valence-corrected chi connectivity index (χ0v) is 21.9. The molecule has 8 nitrogen and oxygen atoms in total. The Morgan fingerprint density at radius 1 is 0.714 bits per heavy atom. The molecule has 0 radical (unpaired) electrons. The van der Waals surface area contributed by atoms with Crippen molar-refractivity contribution in [3.05, 3.63) is 71.8 Å².